The lowest BCUT2D eigenvalue weighted by atomic mass is 10.1. The van der Waals surface area contributed by atoms with Gasteiger partial charge in [0.25, 0.3) is 5.56 Å². The van der Waals surface area contributed by atoms with Gasteiger partial charge in [-0.2, -0.15) is 9.97 Å². The van der Waals surface area contributed by atoms with Crippen molar-refractivity contribution in [3.05, 3.63) is 34.2 Å². The number of pyridine rings is 1. The molecular formula is C19H27N7O2. The number of piperidine rings is 1. The third-order valence-electron chi connectivity index (χ3n) is 5.13. The Balaban J connectivity index is 1.67. The van der Waals surface area contributed by atoms with E-state index in [0.29, 0.717) is 36.7 Å². The lowest BCUT2D eigenvalue weighted by molar-refractivity contribution is 0.122. The molecule has 0 aliphatic carbocycles. The summed E-state index contributed by atoms with van der Waals surface area (Å²) in [7, 11) is 0. The molecule has 0 spiro atoms. The zero-order chi connectivity index (χ0) is 19.3. The molecule has 4 rings (SSSR count). The zero-order valence-corrected chi connectivity index (χ0v) is 16.1. The Morgan fingerprint density at radius 2 is 2.14 bits per heavy atom. The van der Waals surface area contributed by atoms with Crippen LogP contribution in [0.5, 0.6) is 0 Å². The summed E-state index contributed by atoms with van der Waals surface area (Å²) in [4.78, 5) is 26.5. The molecule has 0 bridgehead atoms. The Hall–Kier alpha value is -2.65. The van der Waals surface area contributed by atoms with E-state index >= 15 is 0 Å². The van der Waals surface area contributed by atoms with E-state index in [9.17, 15) is 4.79 Å². The molecule has 9 heteroatoms. The zero-order valence-electron chi connectivity index (χ0n) is 16.1. The Morgan fingerprint density at radius 3 is 2.89 bits per heavy atom. The minimum Gasteiger partial charge on any atom is -0.378 e. The molecule has 0 radical (unpaired) electrons. The van der Waals surface area contributed by atoms with Crippen molar-refractivity contribution in [3.63, 3.8) is 0 Å². The smallest absolute Gasteiger partial charge is 0.271 e. The number of nitrogens with zero attached hydrogens (tertiary/aromatic N) is 3. The monoisotopic (exact) mass is 385 g/mol. The van der Waals surface area contributed by atoms with Crippen LogP contribution >= 0.6 is 0 Å². The summed E-state index contributed by atoms with van der Waals surface area (Å²) in [5, 5.41) is 10.0. The van der Waals surface area contributed by atoms with Gasteiger partial charge in [0.05, 0.1) is 13.2 Å². The SMILES string of the molecule is Cc1c(Nc2ccc[nH]c2=O)nc(N[C@@H]2CCCNC2)nc1N1CCOCC1. The Kier molecular flexibility index (Phi) is 5.73. The van der Waals surface area contributed by atoms with Gasteiger partial charge in [0.2, 0.25) is 5.95 Å². The van der Waals surface area contributed by atoms with E-state index in [1.165, 1.54) is 0 Å². The number of aromatic nitrogens is 3. The fourth-order valence-electron chi connectivity index (χ4n) is 3.58. The van der Waals surface area contributed by atoms with Gasteiger partial charge in [-0.1, -0.05) is 0 Å². The third-order valence-corrected chi connectivity index (χ3v) is 5.13. The molecule has 28 heavy (non-hydrogen) atoms. The fourth-order valence-corrected chi connectivity index (χ4v) is 3.58. The molecule has 4 N–H and O–H groups in total. The second-order valence-corrected chi connectivity index (χ2v) is 7.17. The number of rotatable bonds is 5. The van der Waals surface area contributed by atoms with Gasteiger partial charge in [-0.05, 0) is 38.4 Å². The molecule has 0 amide bonds. The van der Waals surface area contributed by atoms with Crippen molar-refractivity contribution >= 4 is 23.3 Å². The maximum Gasteiger partial charge on any atom is 0.271 e. The van der Waals surface area contributed by atoms with E-state index < -0.39 is 0 Å². The normalized spacial score (nSPS) is 20.0. The highest BCUT2D eigenvalue weighted by atomic mass is 16.5. The van der Waals surface area contributed by atoms with Crippen molar-refractivity contribution in [3.8, 4) is 0 Å². The lowest BCUT2D eigenvalue weighted by Crippen LogP contribution is -2.40. The van der Waals surface area contributed by atoms with Crippen LogP contribution in [-0.4, -0.2) is 60.4 Å². The summed E-state index contributed by atoms with van der Waals surface area (Å²) >= 11 is 0. The Bertz CT molecular complexity index is 858. The highest BCUT2D eigenvalue weighted by Crippen LogP contribution is 2.28. The minimum absolute atomic E-state index is 0.181. The van der Waals surface area contributed by atoms with E-state index in [1.807, 2.05) is 6.92 Å². The highest BCUT2D eigenvalue weighted by molar-refractivity contribution is 5.67. The van der Waals surface area contributed by atoms with Crippen molar-refractivity contribution in [2.45, 2.75) is 25.8 Å². The summed E-state index contributed by atoms with van der Waals surface area (Å²) in [6, 6.07) is 3.82. The topological polar surface area (TPSA) is 107 Å². The highest BCUT2D eigenvalue weighted by Gasteiger charge is 2.21. The average molecular weight is 385 g/mol. The van der Waals surface area contributed by atoms with E-state index in [1.54, 1.807) is 18.3 Å². The maximum absolute atomic E-state index is 12.1. The fraction of sp³-hybridized carbons (Fsp3) is 0.526. The number of ether oxygens (including phenoxy) is 1. The number of anilines is 4. The van der Waals surface area contributed by atoms with Gasteiger partial charge in [0.1, 0.15) is 17.3 Å². The van der Waals surface area contributed by atoms with Gasteiger partial charge in [0.15, 0.2) is 0 Å². The molecule has 9 nitrogen and oxygen atoms in total. The maximum atomic E-state index is 12.1. The number of hydrogen-bond donors (Lipinski definition) is 4. The van der Waals surface area contributed by atoms with Gasteiger partial charge in [-0.25, -0.2) is 0 Å². The molecule has 2 aliphatic heterocycles. The molecule has 2 saturated heterocycles. The van der Waals surface area contributed by atoms with E-state index in [-0.39, 0.29) is 5.56 Å². The number of H-pyrrole nitrogens is 1. The van der Waals surface area contributed by atoms with Crippen molar-refractivity contribution in [1.29, 1.82) is 0 Å². The van der Waals surface area contributed by atoms with Crippen LogP contribution in [0.15, 0.2) is 23.1 Å². The minimum atomic E-state index is -0.181. The predicted molar refractivity (Wildman–Crippen MR) is 110 cm³/mol. The van der Waals surface area contributed by atoms with Crippen LogP contribution in [-0.2, 0) is 4.74 Å². The molecule has 1 atom stereocenters. The van der Waals surface area contributed by atoms with E-state index in [4.69, 9.17) is 9.72 Å². The molecular weight excluding hydrogens is 358 g/mol. The van der Waals surface area contributed by atoms with E-state index in [2.05, 4.69) is 30.8 Å². The second kappa shape index (κ2) is 8.57. The Morgan fingerprint density at radius 1 is 1.29 bits per heavy atom. The summed E-state index contributed by atoms with van der Waals surface area (Å²) in [5.41, 5.74) is 1.19. The van der Waals surface area contributed by atoms with Crippen LogP contribution in [0.4, 0.5) is 23.3 Å². The first kappa shape index (κ1) is 18.7. The first-order valence-corrected chi connectivity index (χ1v) is 9.84. The number of morpholine rings is 1. The number of nitrogens with one attached hydrogen (secondary N) is 4. The first-order chi connectivity index (χ1) is 13.7. The van der Waals surface area contributed by atoms with Gasteiger partial charge >= 0.3 is 0 Å². The summed E-state index contributed by atoms with van der Waals surface area (Å²) in [6.07, 6.45) is 3.82. The van der Waals surface area contributed by atoms with Crippen molar-refractivity contribution in [1.82, 2.24) is 20.3 Å². The van der Waals surface area contributed by atoms with E-state index in [0.717, 1.165) is 50.4 Å². The van der Waals surface area contributed by atoms with Crippen LogP contribution in [0.3, 0.4) is 0 Å². The first-order valence-electron chi connectivity index (χ1n) is 9.84. The molecule has 2 fully saturated rings. The van der Waals surface area contributed by atoms with Crippen LogP contribution in [0.25, 0.3) is 0 Å². The third kappa shape index (κ3) is 4.26. The quantitative estimate of drug-likeness (QED) is 0.609. The van der Waals surface area contributed by atoms with Crippen LogP contribution in [0.2, 0.25) is 0 Å². The predicted octanol–water partition coefficient (Wildman–Crippen LogP) is 1.22. The van der Waals surface area contributed by atoms with Crippen molar-refractivity contribution in [2.24, 2.45) is 0 Å². The summed E-state index contributed by atoms with van der Waals surface area (Å²) < 4.78 is 5.48. The molecule has 2 aromatic rings. The average Bonchev–Trinajstić information content (AvgIpc) is 2.73. The van der Waals surface area contributed by atoms with Gasteiger partial charge < -0.3 is 30.6 Å². The molecule has 2 aromatic heterocycles. The number of aromatic amines is 1. The van der Waals surface area contributed by atoms with Crippen LogP contribution in [0.1, 0.15) is 18.4 Å². The van der Waals surface area contributed by atoms with Gasteiger partial charge in [-0.3, -0.25) is 4.79 Å². The Labute approximate surface area is 163 Å². The second-order valence-electron chi connectivity index (χ2n) is 7.17. The van der Waals surface area contributed by atoms with Crippen molar-refractivity contribution < 1.29 is 4.74 Å². The van der Waals surface area contributed by atoms with Gasteiger partial charge in [0, 0.05) is 37.4 Å². The largest absolute Gasteiger partial charge is 0.378 e. The molecule has 150 valence electrons. The molecule has 0 saturated carbocycles. The summed E-state index contributed by atoms with van der Waals surface area (Å²) in [6.45, 7) is 6.86. The lowest BCUT2D eigenvalue weighted by Gasteiger charge is -2.30. The van der Waals surface area contributed by atoms with Crippen LogP contribution < -0.4 is 26.4 Å². The van der Waals surface area contributed by atoms with Gasteiger partial charge in [-0.15, -0.1) is 0 Å². The molecule has 0 unspecified atom stereocenters. The van der Waals surface area contributed by atoms with Crippen LogP contribution in [0, 0.1) is 6.92 Å². The summed E-state index contributed by atoms with van der Waals surface area (Å²) in [5.74, 6) is 2.09. The molecule has 4 heterocycles. The number of hydrogen-bond acceptors (Lipinski definition) is 8. The standard InChI is InChI=1S/C19H27N7O2/c1-13-16(23-15-5-3-7-21-18(15)27)24-19(22-14-4-2-6-20-12-14)25-17(13)26-8-10-28-11-9-26/h3,5,7,14,20H,2,4,6,8-12H2,1H3,(H,21,27)(H2,22,23,24,25)/t14-/m1/s1. The molecule has 0 aromatic carbocycles. The molecule has 2 aliphatic rings. The van der Waals surface area contributed by atoms with Crippen molar-refractivity contribution in [2.75, 3.05) is 54.9 Å².